The van der Waals surface area contributed by atoms with Gasteiger partial charge in [0, 0.05) is 7.05 Å². The average Bonchev–Trinajstić information content (AvgIpc) is 2.69. The molecule has 2 aromatic rings. The first-order chi connectivity index (χ1) is 9.06. The number of nitrogens with zero attached hydrogens (tertiary/aromatic N) is 3. The van der Waals surface area contributed by atoms with Crippen LogP contribution in [0.15, 0.2) is 30.3 Å². The van der Waals surface area contributed by atoms with Crippen molar-refractivity contribution in [3.8, 4) is 5.75 Å². The van der Waals surface area contributed by atoms with Crippen LogP contribution < -0.4 is 10.1 Å². The van der Waals surface area contributed by atoms with Crippen molar-refractivity contribution in [1.29, 1.82) is 0 Å². The molecule has 100 valence electrons. The average molecular weight is 260 g/mol. The van der Waals surface area contributed by atoms with Gasteiger partial charge < -0.3 is 4.74 Å². The molecule has 1 N–H and O–H groups in total. The number of carbonyl (C=O) groups is 1. The van der Waals surface area contributed by atoms with Gasteiger partial charge in [0.2, 0.25) is 5.95 Å². The zero-order chi connectivity index (χ0) is 13.8. The lowest BCUT2D eigenvalue weighted by Crippen LogP contribution is -2.31. The minimum Gasteiger partial charge on any atom is -0.481 e. The summed E-state index contributed by atoms with van der Waals surface area (Å²) in [6, 6.07) is 9.20. The molecule has 1 aromatic carbocycles. The summed E-state index contributed by atoms with van der Waals surface area (Å²) in [6.45, 7) is 3.45. The smallest absolute Gasteiger partial charge is 0.267 e. The highest BCUT2D eigenvalue weighted by Gasteiger charge is 2.17. The second-order valence-electron chi connectivity index (χ2n) is 4.17. The van der Waals surface area contributed by atoms with Gasteiger partial charge in [-0.25, -0.2) is 4.68 Å². The summed E-state index contributed by atoms with van der Waals surface area (Å²) in [7, 11) is 1.72. The van der Waals surface area contributed by atoms with Gasteiger partial charge in [0.15, 0.2) is 6.10 Å². The zero-order valence-electron chi connectivity index (χ0n) is 11.1. The number of ether oxygens (including phenoxy) is 1. The lowest BCUT2D eigenvalue weighted by atomic mass is 10.3. The summed E-state index contributed by atoms with van der Waals surface area (Å²) in [5.74, 6) is 1.40. The summed E-state index contributed by atoms with van der Waals surface area (Å²) >= 11 is 0. The van der Waals surface area contributed by atoms with Gasteiger partial charge in [-0.05, 0) is 26.0 Å². The minimum absolute atomic E-state index is 0.264. The summed E-state index contributed by atoms with van der Waals surface area (Å²) in [6.07, 6.45) is -0.612. The van der Waals surface area contributed by atoms with Gasteiger partial charge in [0.25, 0.3) is 5.91 Å². The van der Waals surface area contributed by atoms with Crippen molar-refractivity contribution in [3.63, 3.8) is 0 Å². The quantitative estimate of drug-likeness (QED) is 0.905. The molecule has 0 saturated heterocycles. The highest BCUT2D eigenvalue weighted by atomic mass is 16.5. The normalized spacial score (nSPS) is 11.9. The van der Waals surface area contributed by atoms with E-state index in [-0.39, 0.29) is 5.91 Å². The van der Waals surface area contributed by atoms with Crippen LogP contribution in [-0.2, 0) is 11.8 Å². The molecular weight excluding hydrogens is 244 g/mol. The number of anilines is 1. The van der Waals surface area contributed by atoms with Crippen LogP contribution in [0.25, 0.3) is 0 Å². The van der Waals surface area contributed by atoms with E-state index >= 15 is 0 Å². The number of hydrogen-bond donors (Lipinski definition) is 1. The first-order valence-electron chi connectivity index (χ1n) is 5.96. The fourth-order valence-electron chi connectivity index (χ4n) is 1.59. The van der Waals surface area contributed by atoms with Crippen molar-refractivity contribution < 1.29 is 9.53 Å². The maximum atomic E-state index is 12.0. The molecule has 1 aromatic heterocycles. The van der Waals surface area contributed by atoms with E-state index in [1.54, 1.807) is 33.0 Å². The van der Waals surface area contributed by atoms with Crippen molar-refractivity contribution in [3.05, 3.63) is 36.2 Å². The number of nitrogens with one attached hydrogen (secondary N) is 1. The number of benzene rings is 1. The molecule has 0 aliphatic carbocycles. The lowest BCUT2D eigenvalue weighted by molar-refractivity contribution is -0.122. The van der Waals surface area contributed by atoms with Crippen LogP contribution in [0.3, 0.4) is 0 Å². The van der Waals surface area contributed by atoms with Crippen LogP contribution in [0.2, 0.25) is 0 Å². The van der Waals surface area contributed by atoms with Crippen LogP contribution in [-0.4, -0.2) is 26.8 Å². The Morgan fingerprint density at radius 2 is 2.05 bits per heavy atom. The van der Waals surface area contributed by atoms with Crippen LogP contribution in [0.4, 0.5) is 5.95 Å². The maximum Gasteiger partial charge on any atom is 0.267 e. The Labute approximate surface area is 111 Å². The molecule has 1 atom stereocenters. The third-order valence-corrected chi connectivity index (χ3v) is 2.53. The fraction of sp³-hybridized carbons (Fsp3) is 0.308. The highest BCUT2D eigenvalue weighted by molar-refractivity contribution is 5.92. The molecule has 0 saturated carbocycles. The topological polar surface area (TPSA) is 69.0 Å². The predicted octanol–water partition coefficient (Wildman–Crippen LogP) is 1.53. The fourth-order valence-corrected chi connectivity index (χ4v) is 1.59. The Kier molecular flexibility index (Phi) is 3.79. The van der Waals surface area contributed by atoms with E-state index in [1.165, 1.54) is 4.68 Å². The molecular formula is C13H16N4O2. The first kappa shape index (κ1) is 13.1. The van der Waals surface area contributed by atoms with Gasteiger partial charge in [-0.2, -0.15) is 10.1 Å². The number of rotatable bonds is 4. The largest absolute Gasteiger partial charge is 0.481 e. The van der Waals surface area contributed by atoms with Crippen molar-refractivity contribution >= 4 is 11.9 Å². The third kappa shape index (κ3) is 3.31. The van der Waals surface area contributed by atoms with E-state index < -0.39 is 6.10 Å². The standard InChI is InChI=1S/C13H16N4O2/c1-9(19-11-7-5-4-6-8-11)12(18)15-13-14-10(2)16-17(13)3/h4-9H,1-3H3,(H,14,15,16,18)/t9-/m0/s1. The molecule has 1 heterocycles. The van der Waals surface area contributed by atoms with Crippen molar-refractivity contribution in [2.75, 3.05) is 5.32 Å². The van der Waals surface area contributed by atoms with E-state index in [4.69, 9.17) is 4.74 Å². The van der Waals surface area contributed by atoms with E-state index in [2.05, 4.69) is 15.4 Å². The molecule has 0 unspecified atom stereocenters. The SMILES string of the molecule is Cc1nc(NC(=O)[C@H](C)Oc2ccccc2)n(C)n1. The Morgan fingerprint density at radius 1 is 1.37 bits per heavy atom. The van der Waals surface area contributed by atoms with Gasteiger partial charge in [0.1, 0.15) is 11.6 Å². The van der Waals surface area contributed by atoms with Crippen molar-refractivity contribution in [2.45, 2.75) is 20.0 Å². The van der Waals surface area contributed by atoms with Gasteiger partial charge in [-0.1, -0.05) is 18.2 Å². The Morgan fingerprint density at radius 3 is 2.63 bits per heavy atom. The van der Waals surface area contributed by atoms with Crippen molar-refractivity contribution in [2.24, 2.45) is 7.05 Å². The van der Waals surface area contributed by atoms with Crippen LogP contribution in [0, 0.1) is 6.92 Å². The summed E-state index contributed by atoms with van der Waals surface area (Å²) in [5, 5.41) is 6.73. The number of aromatic nitrogens is 3. The first-order valence-corrected chi connectivity index (χ1v) is 5.96. The Balaban J connectivity index is 1.98. The van der Waals surface area contributed by atoms with Gasteiger partial charge in [-0.15, -0.1) is 0 Å². The monoisotopic (exact) mass is 260 g/mol. The molecule has 6 heteroatoms. The molecule has 0 radical (unpaired) electrons. The van der Waals surface area contributed by atoms with Gasteiger partial charge in [-0.3, -0.25) is 10.1 Å². The summed E-state index contributed by atoms with van der Waals surface area (Å²) in [5.41, 5.74) is 0. The Bertz CT molecular complexity index is 565. The molecule has 1 amide bonds. The predicted molar refractivity (Wildman–Crippen MR) is 70.9 cm³/mol. The van der Waals surface area contributed by atoms with Crippen LogP contribution in [0.5, 0.6) is 5.75 Å². The number of hydrogen-bond acceptors (Lipinski definition) is 4. The number of amides is 1. The van der Waals surface area contributed by atoms with E-state index in [9.17, 15) is 4.79 Å². The van der Waals surface area contributed by atoms with E-state index in [1.807, 2.05) is 18.2 Å². The zero-order valence-corrected chi connectivity index (χ0v) is 11.1. The number of aryl methyl sites for hydroxylation is 2. The Hall–Kier alpha value is -2.37. The molecule has 0 aliphatic rings. The van der Waals surface area contributed by atoms with Crippen molar-refractivity contribution in [1.82, 2.24) is 14.8 Å². The van der Waals surface area contributed by atoms with Crippen LogP contribution >= 0.6 is 0 Å². The third-order valence-electron chi connectivity index (χ3n) is 2.53. The summed E-state index contributed by atoms with van der Waals surface area (Å²) in [4.78, 5) is 16.1. The molecule has 2 rings (SSSR count). The second-order valence-corrected chi connectivity index (χ2v) is 4.17. The summed E-state index contributed by atoms with van der Waals surface area (Å²) < 4.78 is 7.04. The lowest BCUT2D eigenvalue weighted by Gasteiger charge is -2.13. The highest BCUT2D eigenvalue weighted by Crippen LogP contribution is 2.11. The molecule has 0 aliphatic heterocycles. The van der Waals surface area contributed by atoms with Crippen LogP contribution in [0.1, 0.15) is 12.7 Å². The molecule has 0 fully saturated rings. The molecule has 6 nitrogen and oxygen atoms in total. The maximum absolute atomic E-state index is 12.0. The van der Waals surface area contributed by atoms with Gasteiger partial charge >= 0.3 is 0 Å². The van der Waals surface area contributed by atoms with E-state index in [0.717, 1.165) is 0 Å². The molecule has 19 heavy (non-hydrogen) atoms. The van der Waals surface area contributed by atoms with E-state index in [0.29, 0.717) is 17.5 Å². The molecule has 0 spiro atoms. The second kappa shape index (κ2) is 5.51. The van der Waals surface area contributed by atoms with Gasteiger partial charge in [0.05, 0.1) is 0 Å². The number of para-hydroxylation sites is 1. The molecule has 0 bridgehead atoms. The number of carbonyl (C=O) groups excluding carboxylic acids is 1. The minimum atomic E-state index is -0.612.